The van der Waals surface area contributed by atoms with Crippen LogP contribution in [-0.2, 0) is 6.54 Å². The van der Waals surface area contributed by atoms with Crippen LogP contribution >= 0.6 is 0 Å². The molecule has 0 saturated heterocycles. The molecule has 4 heteroatoms. The van der Waals surface area contributed by atoms with Gasteiger partial charge in [0, 0.05) is 17.6 Å². The van der Waals surface area contributed by atoms with Gasteiger partial charge in [-0.25, -0.2) is 0 Å². The minimum absolute atomic E-state index is 0.00697. The second-order valence-corrected chi connectivity index (χ2v) is 7.00. The molecule has 0 heterocycles. The van der Waals surface area contributed by atoms with E-state index in [0.29, 0.717) is 12.0 Å². The molecule has 112 valence electrons. The summed E-state index contributed by atoms with van der Waals surface area (Å²) in [5.41, 5.74) is 1.62. The highest BCUT2D eigenvalue weighted by molar-refractivity contribution is 6.59. The van der Waals surface area contributed by atoms with Gasteiger partial charge in [-0.15, -0.1) is 0 Å². The number of nitrogens with zero attached hydrogens (tertiary/aromatic N) is 1. The number of hydrogen-bond donors (Lipinski definition) is 2. The monoisotopic (exact) mass is 277 g/mol. The van der Waals surface area contributed by atoms with Gasteiger partial charge in [-0.1, -0.05) is 31.2 Å². The zero-order valence-corrected chi connectivity index (χ0v) is 13.6. The fourth-order valence-electron chi connectivity index (χ4n) is 2.65. The molecule has 0 bridgehead atoms. The summed E-state index contributed by atoms with van der Waals surface area (Å²) in [6.07, 6.45) is 1.04. The topological polar surface area (TPSA) is 43.7 Å². The predicted octanol–water partition coefficient (Wildman–Crippen LogP) is 2.16. The van der Waals surface area contributed by atoms with Gasteiger partial charge in [0.15, 0.2) is 0 Å². The second kappa shape index (κ2) is 6.29. The molecule has 0 spiro atoms. The summed E-state index contributed by atoms with van der Waals surface area (Å²) >= 11 is 0. The van der Waals surface area contributed by atoms with Gasteiger partial charge in [0.1, 0.15) is 0 Å². The van der Waals surface area contributed by atoms with Crippen LogP contribution in [0.3, 0.4) is 0 Å². The average Bonchev–Trinajstić information content (AvgIpc) is 2.34. The zero-order valence-electron chi connectivity index (χ0n) is 13.6. The summed E-state index contributed by atoms with van der Waals surface area (Å²) in [5, 5.41) is 19.0. The van der Waals surface area contributed by atoms with Crippen LogP contribution < -0.4 is 5.46 Å². The molecule has 1 aromatic rings. The lowest BCUT2D eigenvalue weighted by atomic mass is 9.76. The van der Waals surface area contributed by atoms with E-state index in [-0.39, 0.29) is 11.1 Å². The maximum atomic E-state index is 9.52. The Morgan fingerprint density at radius 1 is 1.05 bits per heavy atom. The molecule has 0 aliphatic rings. The van der Waals surface area contributed by atoms with Crippen LogP contribution in [0.5, 0.6) is 0 Å². The third-order valence-corrected chi connectivity index (χ3v) is 4.07. The molecule has 0 amide bonds. The molecule has 0 fully saturated rings. The van der Waals surface area contributed by atoms with Gasteiger partial charge in [0.2, 0.25) is 0 Å². The van der Waals surface area contributed by atoms with Crippen LogP contribution in [0.4, 0.5) is 0 Å². The van der Waals surface area contributed by atoms with E-state index in [4.69, 9.17) is 0 Å². The average molecular weight is 277 g/mol. The Bertz CT molecular complexity index is 438. The lowest BCUT2D eigenvalue weighted by Crippen LogP contribution is -2.54. The Kier molecular flexibility index (Phi) is 5.42. The molecule has 0 saturated carbocycles. The summed E-state index contributed by atoms with van der Waals surface area (Å²) in [6.45, 7) is 13.9. The molecule has 20 heavy (non-hydrogen) atoms. The van der Waals surface area contributed by atoms with Crippen molar-refractivity contribution in [2.75, 3.05) is 0 Å². The first kappa shape index (κ1) is 17.2. The van der Waals surface area contributed by atoms with E-state index >= 15 is 0 Å². The molecule has 0 unspecified atom stereocenters. The van der Waals surface area contributed by atoms with Crippen molar-refractivity contribution in [3.63, 3.8) is 0 Å². The maximum Gasteiger partial charge on any atom is 0.488 e. The van der Waals surface area contributed by atoms with E-state index in [1.54, 1.807) is 6.07 Å². The van der Waals surface area contributed by atoms with Crippen molar-refractivity contribution < 1.29 is 10.0 Å². The largest absolute Gasteiger partial charge is 0.488 e. The van der Waals surface area contributed by atoms with E-state index in [9.17, 15) is 10.0 Å². The molecule has 1 rings (SSSR count). The summed E-state index contributed by atoms with van der Waals surface area (Å²) in [5.74, 6) is 0. The molecular weight excluding hydrogens is 249 g/mol. The lowest BCUT2D eigenvalue weighted by Gasteiger charge is -2.47. The lowest BCUT2D eigenvalue weighted by molar-refractivity contribution is 0.0161. The zero-order chi connectivity index (χ0) is 15.6. The fourth-order valence-corrected chi connectivity index (χ4v) is 2.65. The van der Waals surface area contributed by atoms with Crippen molar-refractivity contribution >= 4 is 12.6 Å². The van der Waals surface area contributed by atoms with Gasteiger partial charge in [-0.3, -0.25) is 4.90 Å². The molecule has 3 nitrogen and oxygen atoms in total. The first-order valence-corrected chi connectivity index (χ1v) is 7.31. The van der Waals surface area contributed by atoms with Gasteiger partial charge in [-0.2, -0.15) is 0 Å². The van der Waals surface area contributed by atoms with E-state index in [1.165, 1.54) is 0 Å². The van der Waals surface area contributed by atoms with E-state index < -0.39 is 7.12 Å². The summed E-state index contributed by atoms with van der Waals surface area (Å²) in [6, 6.07) is 7.53. The van der Waals surface area contributed by atoms with Crippen LogP contribution in [-0.4, -0.2) is 33.1 Å². The van der Waals surface area contributed by atoms with Gasteiger partial charge >= 0.3 is 7.12 Å². The van der Waals surface area contributed by atoms with Crippen molar-refractivity contribution in [2.45, 2.75) is 65.6 Å². The van der Waals surface area contributed by atoms with Crippen LogP contribution in [0.15, 0.2) is 24.3 Å². The van der Waals surface area contributed by atoms with Crippen molar-refractivity contribution in [3.8, 4) is 0 Å². The highest BCUT2D eigenvalue weighted by Crippen LogP contribution is 2.29. The molecule has 0 radical (unpaired) electrons. The molecule has 0 aliphatic carbocycles. The second-order valence-electron chi connectivity index (χ2n) is 7.00. The van der Waals surface area contributed by atoms with Gasteiger partial charge in [0.25, 0.3) is 0 Å². The molecular formula is C16H28BNO2. The van der Waals surface area contributed by atoms with Crippen LogP contribution in [0.2, 0.25) is 0 Å². The van der Waals surface area contributed by atoms with E-state index in [1.807, 2.05) is 18.2 Å². The summed E-state index contributed by atoms with van der Waals surface area (Å²) in [7, 11) is -1.42. The number of hydrogen-bond acceptors (Lipinski definition) is 3. The smallest absolute Gasteiger partial charge is 0.423 e. The molecule has 0 aliphatic heterocycles. The minimum Gasteiger partial charge on any atom is -0.423 e. The molecule has 0 aromatic heterocycles. The van der Waals surface area contributed by atoms with Crippen molar-refractivity contribution in [3.05, 3.63) is 29.8 Å². The first-order chi connectivity index (χ1) is 9.09. The standard InChI is InChI=1S/C16H28BNO2/c1-7-16(5,6)18(15(2,3)4)12-13-10-8-9-11-14(13)17(19)20/h8-11,19-20H,7,12H2,1-6H3. The van der Waals surface area contributed by atoms with Crippen LogP contribution in [0.1, 0.15) is 53.5 Å². The number of rotatable bonds is 5. The van der Waals surface area contributed by atoms with Crippen LogP contribution in [0, 0.1) is 0 Å². The predicted molar refractivity (Wildman–Crippen MR) is 85.9 cm³/mol. The van der Waals surface area contributed by atoms with Crippen molar-refractivity contribution in [1.29, 1.82) is 0 Å². The Hall–Kier alpha value is -0.835. The summed E-state index contributed by atoms with van der Waals surface area (Å²) < 4.78 is 0. The minimum atomic E-state index is -1.42. The molecule has 0 atom stereocenters. The van der Waals surface area contributed by atoms with E-state index in [2.05, 4.69) is 46.4 Å². The van der Waals surface area contributed by atoms with Gasteiger partial charge in [-0.05, 0) is 52.1 Å². The third-order valence-electron chi connectivity index (χ3n) is 4.07. The molecule has 2 N–H and O–H groups in total. The molecule has 1 aromatic carbocycles. The number of benzene rings is 1. The van der Waals surface area contributed by atoms with Gasteiger partial charge < -0.3 is 10.0 Å². The Balaban J connectivity index is 3.15. The Labute approximate surface area is 123 Å². The third kappa shape index (κ3) is 4.08. The van der Waals surface area contributed by atoms with Crippen LogP contribution in [0.25, 0.3) is 0 Å². The highest BCUT2D eigenvalue weighted by Gasteiger charge is 2.34. The summed E-state index contributed by atoms with van der Waals surface area (Å²) in [4.78, 5) is 2.42. The fraction of sp³-hybridized carbons (Fsp3) is 0.625. The van der Waals surface area contributed by atoms with Crippen molar-refractivity contribution in [1.82, 2.24) is 4.90 Å². The maximum absolute atomic E-state index is 9.52. The first-order valence-electron chi connectivity index (χ1n) is 7.31. The quantitative estimate of drug-likeness (QED) is 0.811. The normalized spacial score (nSPS) is 12.8. The van der Waals surface area contributed by atoms with Crippen molar-refractivity contribution in [2.24, 2.45) is 0 Å². The SMILES string of the molecule is CCC(C)(C)N(Cc1ccccc1B(O)O)C(C)(C)C. The van der Waals surface area contributed by atoms with Gasteiger partial charge in [0.05, 0.1) is 0 Å². The van der Waals surface area contributed by atoms with E-state index in [0.717, 1.165) is 12.0 Å². The highest BCUT2D eigenvalue weighted by atomic mass is 16.4. The Morgan fingerprint density at radius 3 is 2.05 bits per heavy atom. The Morgan fingerprint density at radius 2 is 1.60 bits per heavy atom.